The van der Waals surface area contributed by atoms with Crippen LogP contribution in [-0.2, 0) is 6.54 Å². The Morgan fingerprint density at radius 2 is 1.68 bits per heavy atom. The standard InChI is InChI=1S/C30H28ClF2N3O/c1-20-26(30(37)34-25-13-15-35(16-14-25)19-21-5-3-2-4-6-21)18-29(22-7-9-23(31)10-8-22)36(20)28-12-11-24(32)17-27(28)33/h2-12,17-18,25H,13-16,19H2,1H3,(H,34,37). The molecular weight excluding hydrogens is 492 g/mol. The Morgan fingerprint density at radius 1 is 0.973 bits per heavy atom. The number of nitrogens with one attached hydrogen (secondary N) is 1. The molecule has 37 heavy (non-hydrogen) atoms. The van der Waals surface area contributed by atoms with Crippen LogP contribution in [0.3, 0.4) is 0 Å². The van der Waals surface area contributed by atoms with Crippen molar-refractivity contribution in [2.75, 3.05) is 13.1 Å². The molecule has 1 aromatic heterocycles. The predicted octanol–water partition coefficient (Wildman–Crippen LogP) is 6.78. The molecule has 0 bridgehead atoms. The van der Waals surface area contributed by atoms with Crippen molar-refractivity contribution in [1.29, 1.82) is 0 Å². The molecule has 0 radical (unpaired) electrons. The first-order chi connectivity index (χ1) is 17.9. The second kappa shape index (κ2) is 10.9. The van der Waals surface area contributed by atoms with E-state index >= 15 is 0 Å². The van der Waals surface area contributed by atoms with Gasteiger partial charge in [0, 0.05) is 42.5 Å². The van der Waals surface area contributed by atoms with Crippen LogP contribution in [-0.4, -0.2) is 34.5 Å². The highest BCUT2D eigenvalue weighted by molar-refractivity contribution is 6.30. The van der Waals surface area contributed by atoms with Crippen LogP contribution in [0.25, 0.3) is 16.9 Å². The van der Waals surface area contributed by atoms with E-state index in [1.54, 1.807) is 29.7 Å². The Kier molecular flexibility index (Phi) is 7.40. The summed E-state index contributed by atoms with van der Waals surface area (Å²) in [6, 6.07) is 22.8. The molecule has 4 aromatic rings. The molecule has 0 saturated carbocycles. The van der Waals surface area contributed by atoms with Crippen molar-refractivity contribution in [3.63, 3.8) is 0 Å². The van der Waals surface area contributed by atoms with Gasteiger partial charge in [0.05, 0.1) is 16.9 Å². The molecule has 1 saturated heterocycles. The van der Waals surface area contributed by atoms with Gasteiger partial charge in [-0.2, -0.15) is 0 Å². The van der Waals surface area contributed by atoms with Crippen molar-refractivity contribution in [2.24, 2.45) is 0 Å². The van der Waals surface area contributed by atoms with Gasteiger partial charge in [-0.05, 0) is 61.2 Å². The van der Waals surface area contributed by atoms with Gasteiger partial charge in [-0.1, -0.05) is 54.1 Å². The molecular formula is C30H28ClF2N3O. The van der Waals surface area contributed by atoms with Gasteiger partial charge in [0.1, 0.15) is 11.6 Å². The molecule has 0 aliphatic carbocycles. The number of rotatable bonds is 6. The maximum absolute atomic E-state index is 14.9. The lowest BCUT2D eigenvalue weighted by Gasteiger charge is -2.32. The minimum absolute atomic E-state index is 0.0591. The van der Waals surface area contributed by atoms with E-state index in [0.29, 0.717) is 22.0 Å². The molecule has 0 atom stereocenters. The number of halogens is 3. The monoisotopic (exact) mass is 519 g/mol. The minimum atomic E-state index is -0.702. The lowest BCUT2D eigenvalue weighted by molar-refractivity contribution is 0.0908. The Morgan fingerprint density at radius 3 is 2.35 bits per heavy atom. The van der Waals surface area contributed by atoms with Crippen molar-refractivity contribution < 1.29 is 13.6 Å². The average molecular weight is 520 g/mol. The van der Waals surface area contributed by atoms with E-state index in [2.05, 4.69) is 22.3 Å². The van der Waals surface area contributed by atoms with Gasteiger partial charge in [0.2, 0.25) is 0 Å². The van der Waals surface area contributed by atoms with Crippen LogP contribution in [0.5, 0.6) is 0 Å². The maximum atomic E-state index is 14.9. The predicted molar refractivity (Wildman–Crippen MR) is 143 cm³/mol. The molecule has 0 spiro atoms. The fourth-order valence-electron chi connectivity index (χ4n) is 4.98. The molecule has 5 rings (SSSR count). The molecule has 1 aliphatic rings. The number of carbonyl (C=O) groups is 1. The zero-order valence-electron chi connectivity index (χ0n) is 20.6. The lowest BCUT2D eigenvalue weighted by Crippen LogP contribution is -2.44. The summed E-state index contributed by atoms with van der Waals surface area (Å²) in [5.74, 6) is -1.56. The Balaban J connectivity index is 1.37. The fourth-order valence-corrected chi connectivity index (χ4v) is 5.11. The molecule has 3 aromatic carbocycles. The summed E-state index contributed by atoms with van der Waals surface area (Å²) < 4.78 is 30.2. The first-order valence-electron chi connectivity index (χ1n) is 12.4. The summed E-state index contributed by atoms with van der Waals surface area (Å²) in [7, 11) is 0. The number of nitrogens with zero attached hydrogens (tertiary/aromatic N) is 2. The van der Waals surface area contributed by atoms with Crippen molar-refractivity contribution in [1.82, 2.24) is 14.8 Å². The number of hydrogen-bond acceptors (Lipinski definition) is 2. The summed E-state index contributed by atoms with van der Waals surface area (Å²) >= 11 is 6.07. The lowest BCUT2D eigenvalue weighted by atomic mass is 10.0. The van der Waals surface area contributed by atoms with Crippen LogP contribution in [0.15, 0.2) is 78.9 Å². The van der Waals surface area contributed by atoms with E-state index in [-0.39, 0.29) is 17.6 Å². The smallest absolute Gasteiger partial charge is 0.253 e. The van der Waals surface area contributed by atoms with Crippen molar-refractivity contribution in [3.8, 4) is 16.9 Å². The summed E-state index contributed by atoms with van der Waals surface area (Å²) in [4.78, 5) is 15.8. The number of hydrogen-bond donors (Lipinski definition) is 1. The molecule has 1 amide bonds. The number of aromatic nitrogens is 1. The normalized spacial score (nSPS) is 14.6. The highest BCUT2D eigenvalue weighted by atomic mass is 35.5. The van der Waals surface area contributed by atoms with Crippen LogP contribution in [0.4, 0.5) is 8.78 Å². The van der Waals surface area contributed by atoms with Crippen molar-refractivity contribution >= 4 is 17.5 Å². The average Bonchev–Trinajstić information content (AvgIpc) is 3.23. The Bertz CT molecular complexity index is 1390. The number of likely N-dealkylation sites (tertiary alicyclic amines) is 1. The van der Waals surface area contributed by atoms with Gasteiger partial charge in [-0.15, -0.1) is 0 Å². The summed E-state index contributed by atoms with van der Waals surface area (Å²) in [5.41, 5.74) is 3.89. The fraction of sp³-hybridized carbons (Fsp3) is 0.233. The summed E-state index contributed by atoms with van der Waals surface area (Å²) in [6.07, 6.45) is 1.71. The Labute approximate surface area is 220 Å². The maximum Gasteiger partial charge on any atom is 0.253 e. The summed E-state index contributed by atoms with van der Waals surface area (Å²) in [5, 5.41) is 3.76. The van der Waals surface area contributed by atoms with E-state index in [4.69, 9.17) is 11.6 Å². The highest BCUT2D eigenvalue weighted by Gasteiger charge is 2.25. The number of piperidine rings is 1. The molecule has 4 nitrogen and oxygen atoms in total. The zero-order chi connectivity index (χ0) is 25.9. The van der Waals surface area contributed by atoms with E-state index < -0.39 is 11.6 Å². The van der Waals surface area contributed by atoms with Gasteiger partial charge in [0.25, 0.3) is 5.91 Å². The first-order valence-corrected chi connectivity index (χ1v) is 12.8. The van der Waals surface area contributed by atoms with Gasteiger partial charge in [-0.25, -0.2) is 8.78 Å². The quantitative estimate of drug-likeness (QED) is 0.305. The topological polar surface area (TPSA) is 37.3 Å². The van der Waals surface area contributed by atoms with Gasteiger partial charge in [-0.3, -0.25) is 9.69 Å². The SMILES string of the molecule is Cc1c(C(=O)NC2CCN(Cc3ccccc3)CC2)cc(-c2ccc(Cl)cc2)n1-c1ccc(F)cc1F. The van der Waals surface area contributed by atoms with Crippen LogP contribution in [0.1, 0.15) is 34.5 Å². The van der Waals surface area contributed by atoms with Crippen molar-refractivity contribution in [2.45, 2.75) is 32.4 Å². The second-order valence-electron chi connectivity index (χ2n) is 9.48. The molecule has 2 heterocycles. The van der Waals surface area contributed by atoms with Crippen LogP contribution >= 0.6 is 11.6 Å². The number of benzene rings is 3. The molecule has 190 valence electrons. The molecule has 1 fully saturated rings. The number of carbonyl (C=O) groups excluding carboxylic acids is 1. The summed E-state index contributed by atoms with van der Waals surface area (Å²) in [6.45, 7) is 4.48. The van der Waals surface area contributed by atoms with E-state index in [0.717, 1.165) is 44.1 Å². The molecule has 1 aliphatic heterocycles. The number of amides is 1. The van der Waals surface area contributed by atoms with E-state index in [1.165, 1.54) is 17.7 Å². The van der Waals surface area contributed by atoms with E-state index in [9.17, 15) is 13.6 Å². The van der Waals surface area contributed by atoms with Crippen LogP contribution in [0, 0.1) is 18.6 Å². The van der Waals surface area contributed by atoms with Crippen molar-refractivity contribution in [3.05, 3.63) is 112 Å². The second-order valence-corrected chi connectivity index (χ2v) is 9.91. The van der Waals surface area contributed by atoms with Gasteiger partial charge in [0.15, 0.2) is 0 Å². The largest absolute Gasteiger partial charge is 0.349 e. The van der Waals surface area contributed by atoms with Gasteiger partial charge < -0.3 is 9.88 Å². The highest BCUT2D eigenvalue weighted by Crippen LogP contribution is 2.32. The molecule has 1 N–H and O–H groups in total. The van der Waals surface area contributed by atoms with Crippen LogP contribution in [0.2, 0.25) is 5.02 Å². The zero-order valence-corrected chi connectivity index (χ0v) is 21.3. The molecule has 7 heteroatoms. The van der Waals surface area contributed by atoms with E-state index in [1.807, 2.05) is 30.3 Å². The third kappa shape index (κ3) is 5.60. The van der Waals surface area contributed by atoms with Gasteiger partial charge >= 0.3 is 0 Å². The minimum Gasteiger partial charge on any atom is -0.349 e. The Hall–Kier alpha value is -3.48. The van der Waals surface area contributed by atoms with Crippen LogP contribution < -0.4 is 5.32 Å². The molecule has 0 unspecified atom stereocenters. The first kappa shape index (κ1) is 25.2. The third-order valence-electron chi connectivity index (χ3n) is 6.95. The third-order valence-corrected chi connectivity index (χ3v) is 7.21.